The number of benzene rings is 1. The van der Waals surface area contributed by atoms with Gasteiger partial charge in [-0.15, -0.1) is 11.3 Å². The summed E-state index contributed by atoms with van der Waals surface area (Å²) in [6.45, 7) is 1.83. The maximum absolute atomic E-state index is 11.0. The first kappa shape index (κ1) is 12.6. The van der Waals surface area contributed by atoms with Crippen LogP contribution < -0.4 is 0 Å². The van der Waals surface area contributed by atoms with Crippen LogP contribution in [0.3, 0.4) is 0 Å². The van der Waals surface area contributed by atoms with E-state index in [9.17, 15) is 4.79 Å². The largest absolute Gasteiger partial charge is 0.477 e. The lowest BCUT2D eigenvalue weighted by Gasteiger charge is -1.99. The number of aryl methyl sites for hydroxylation is 1. The van der Waals surface area contributed by atoms with E-state index < -0.39 is 5.97 Å². The van der Waals surface area contributed by atoms with E-state index in [4.69, 9.17) is 9.63 Å². The van der Waals surface area contributed by atoms with Gasteiger partial charge in [0.2, 0.25) is 0 Å². The number of carboxylic acid groups (broad SMARTS) is 1. The lowest BCUT2D eigenvalue weighted by molar-refractivity contribution is 0.0702. The van der Waals surface area contributed by atoms with Crippen LogP contribution >= 0.6 is 11.3 Å². The smallest absolute Gasteiger partial charge is 0.345 e. The number of thiophene rings is 1. The van der Waals surface area contributed by atoms with Crippen molar-refractivity contribution in [1.29, 1.82) is 0 Å². The summed E-state index contributed by atoms with van der Waals surface area (Å²) in [6.07, 6.45) is 0. The van der Waals surface area contributed by atoms with Crippen LogP contribution in [0.25, 0.3) is 21.7 Å². The summed E-state index contributed by atoms with van der Waals surface area (Å²) < 4.78 is 5.28. The van der Waals surface area contributed by atoms with Crippen molar-refractivity contribution in [1.82, 2.24) is 5.16 Å². The van der Waals surface area contributed by atoms with Gasteiger partial charge in [-0.25, -0.2) is 4.79 Å². The molecule has 0 spiro atoms. The van der Waals surface area contributed by atoms with Crippen molar-refractivity contribution in [2.75, 3.05) is 0 Å². The maximum atomic E-state index is 11.0. The minimum Gasteiger partial charge on any atom is -0.477 e. The van der Waals surface area contributed by atoms with E-state index in [1.54, 1.807) is 12.1 Å². The summed E-state index contributed by atoms with van der Waals surface area (Å²) in [5.41, 5.74) is 2.54. The molecule has 20 heavy (non-hydrogen) atoms. The van der Waals surface area contributed by atoms with E-state index in [0.717, 1.165) is 21.7 Å². The van der Waals surface area contributed by atoms with Crippen molar-refractivity contribution in [3.8, 4) is 21.7 Å². The van der Waals surface area contributed by atoms with E-state index in [-0.39, 0.29) is 0 Å². The Morgan fingerprint density at radius 1 is 1.20 bits per heavy atom. The number of hydrogen-bond donors (Lipinski definition) is 1. The summed E-state index contributed by atoms with van der Waals surface area (Å²) in [5, 5.41) is 13.1. The molecule has 5 heteroatoms. The molecule has 100 valence electrons. The summed E-state index contributed by atoms with van der Waals surface area (Å²) in [5.74, 6) is -0.237. The van der Waals surface area contributed by atoms with Crippen LogP contribution in [0, 0.1) is 6.92 Å². The third-order valence-corrected chi connectivity index (χ3v) is 4.06. The Hall–Kier alpha value is -2.40. The molecule has 0 bridgehead atoms. The number of aromatic nitrogens is 1. The van der Waals surface area contributed by atoms with Gasteiger partial charge >= 0.3 is 5.97 Å². The fraction of sp³-hybridized carbons (Fsp3) is 0.0667. The van der Waals surface area contributed by atoms with Crippen LogP contribution in [0.15, 0.2) is 47.0 Å². The predicted molar refractivity (Wildman–Crippen MR) is 76.9 cm³/mol. The molecule has 0 amide bonds. The summed E-state index contributed by atoms with van der Waals surface area (Å²) in [7, 11) is 0. The Balaban J connectivity index is 2.14. The van der Waals surface area contributed by atoms with Crippen LogP contribution in [-0.2, 0) is 0 Å². The molecular formula is C15H11NO3S. The summed E-state index contributed by atoms with van der Waals surface area (Å²) in [6, 6.07) is 13.1. The van der Waals surface area contributed by atoms with Gasteiger partial charge in [0.1, 0.15) is 16.3 Å². The zero-order valence-electron chi connectivity index (χ0n) is 10.7. The molecule has 0 aliphatic carbocycles. The molecular weight excluding hydrogens is 274 g/mol. The molecule has 0 atom stereocenters. The van der Waals surface area contributed by atoms with Crippen molar-refractivity contribution in [2.45, 2.75) is 6.92 Å². The van der Waals surface area contributed by atoms with Crippen LogP contribution in [0.2, 0.25) is 0 Å². The number of nitrogens with zero attached hydrogens (tertiary/aromatic N) is 1. The van der Waals surface area contributed by atoms with Gasteiger partial charge in [0.05, 0.1) is 5.56 Å². The third-order valence-electron chi connectivity index (χ3n) is 2.97. The van der Waals surface area contributed by atoms with Gasteiger partial charge in [0.15, 0.2) is 0 Å². The molecule has 0 unspecified atom stereocenters. The maximum Gasteiger partial charge on any atom is 0.345 e. The van der Waals surface area contributed by atoms with E-state index in [0.29, 0.717) is 10.6 Å². The van der Waals surface area contributed by atoms with Crippen molar-refractivity contribution < 1.29 is 14.4 Å². The molecule has 0 radical (unpaired) electrons. The second-order valence-corrected chi connectivity index (χ2v) is 5.38. The van der Waals surface area contributed by atoms with Gasteiger partial charge < -0.3 is 9.63 Å². The Labute approximate surface area is 119 Å². The molecule has 0 saturated carbocycles. The number of rotatable bonds is 3. The molecule has 0 aliphatic rings. The lowest BCUT2D eigenvalue weighted by atomic mass is 10.1. The quantitative estimate of drug-likeness (QED) is 0.787. The highest BCUT2D eigenvalue weighted by Crippen LogP contribution is 2.37. The Kier molecular flexibility index (Phi) is 3.12. The van der Waals surface area contributed by atoms with Gasteiger partial charge in [-0.3, -0.25) is 0 Å². The van der Waals surface area contributed by atoms with Gasteiger partial charge in [0, 0.05) is 10.4 Å². The highest BCUT2D eigenvalue weighted by Gasteiger charge is 2.19. The first-order valence-electron chi connectivity index (χ1n) is 6.02. The second kappa shape index (κ2) is 4.94. The normalized spacial score (nSPS) is 10.7. The second-order valence-electron chi connectivity index (χ2n) is 4.30. The molecule has 1 N–H and O–H groups in total. The fourth-order valence-electron chi connectivity index (χ4n) is 2.04. The molecule has 3 aromatic rings. The average molecular weight is 285 g/mol. The number of hydrogen-bond acceptors (Lipinski definition) is 4. The number of carbonyl (C=O) groups is 1. The van der Waals surface area contributed by atoms with Crippen molar-refractivity contribution >= 4 is 17.3 Å². The first-order valence-corrected chi connectivity index (χ1v) is 6.83. The Bertz CT molecular complexity index is 759. The van der Waals surface area contributed by atoms with Gasteiger partial charge in [-0.1, -0.05) is 35.5 Å². The summed E-state index contributed by atoms with van der Waals surface area (Å²) in [4.78, 5) is 12.1. The van der Waals surface area contributed by atoms with E-state index in [1.165, 1.54) is 11.3 Å². The highest BCUT2D eigenvalue weighted by atomic mass is 32.1. The molecule has 3 rings (SSSR count). The summed E-state index contributed by atoms with van der Waals surface area (Å²) >= 11 is 1.22. The van der Waals surface area contributed by atoms with E-state index in [2.05, 4.69) is 5.16 Å². The van der Waals surface area contributed by atoms with Crippen LogP contribution in [0.4, 0.5) is 0 Å². The number of aromatic carboxylic acids is 1. The molecule has 0 saturated heterocycles. The molecule has 0 aliphatic heterocycles. The van der Waals surface area contributed by atoms with Gasteiger partial charge in [-0.05, 0) is 19.1 Å². The van der Waals surface area contributed by atoms with Gasteiger partial charge in [-0.2, -0.15) is 0 Å². The van der Waals surface area contributed by atoms with Crippen LogP contribution in [0.1, 0.15) is 15.4 Å². The van der Waals surface area contributed by atoms with Crippen molar-refractivity contribution in [3.63, 3.8) is 0 Å². The van der Waals surface area contributed by atoms with Crippen molar-refractivity contribution in [2.24, 2.45) is 0 Å². The lowest BCUT2D eigenvalue weighted by Crippen LogP contribution is -1.89. The zero-order valence-corrected chi connectivity index (χ0v) is 11.5. The molecule has 4 nitrogen and oxygen atoms in total. The monoisotopic (exact) mass is 285 g/mol. The fourth-order valence-corrected chi connectivity index (χ4v) is 2.98. The van der Waals surface area contributed by atoms with Crippen molar-refractivity contribution in [3.05, 3.63) is 53.1 Å². The average Bonchev–Trinajstić information content (AvgIpc) is 3.06. The van der Waals surface area contributed by atoms with Crippen LogP contribution in [-0.4, -0.2) is 16.2 Å². The third kappa shape index (κ3) is 2.12. The molecule has 2 heterocycles. The molecule has 1 aromatic carbocycles. The highest BCUT2D eigenvalue weighted by molar-refractivity contribution is 7.17. The molecule has 2 aromatic heterocycles. The minimum atomic E-state index is -0.920. The minimum absolute atomic E-state index is 0.305. The van der Waals surface area contributed by atoms with E-state index in [1.807, 2.05) is 37.3 Å². The van der Waals surface area contributed by atoms with Gasteiger partial charge in [0.25, 0.3) is 0 Å². The zero-order chi connectivity index (χ0) is 14.1. The first-order chi connectivity index (χ1) is 9.66. The SMILES string of the molecule is Cc1onc(-c2ccccc2)c1-c1ccc(C(=O)O)s1. The Morgan fingerprint density at radius 2 is 1.95 bits per heavy atom. The topological polar surface area (TPSA) is 63.3 Å². The van der Waals surface area contributed by atoms with E-state index >= 15 is 0 Å². The standard InChI is InChI=1S/C15H11NO3S/c1-9-13(11-7-8-12(20-11)15(17)18)14(16-19-9)10-5-3-2-4-6-10/h2-8H,1H3,(H,17,18). The number of carboxylic acids is 1. The molecule has 0 fully saturated rings. The Morgan fingerprint density at radius 3 is 2.60 bits per heavy atom. The van der Waals surface area contributed by atoms with Crippen LogP contribution in [0.5, 0.6) is 0 Å². The predicted octanol–water partition coefficient (Wildman–Crippen LogP) is 4.08.